The van der Waals surface area contributed by atoms with Gasteiger partial charge in [-0.1, -0.05) is 18.7 Å². The molecule has 0 atom stereocenters. The van der Waals surface area contributed by atoms with Crippen LogP contribution in [0.5, 0.6) is 5.75 Å². The zero-order valence-corrected chi connectivity index (χ0v) is 18.9. The van der Waals surface area contributed by atoms with E-state index < -0.39 is 18.3 Å². The smallest absolute Gasteiger partial charge is 0.387 e. The van der Waals surface area contributed by atoms with E-state index in [0.29, 0.717) is 22.5 Å². The Kier molecular flexibility index (Phi) is 7.14. The third-order valence-electron chi connectivity index (χ3n) is 4.81. The Labute approximate surface area is 203 Å². The maximum absolute atomic E-state index is 14.7. The van der Waals surface area contributed by atoms with Crippen molar-refractivity contribution in [3.63, 3.8) is 0 Å². The highest BCUT2D eigenvalue weighted by molar-refractivity contribution is 5.99. The van der Waals surface area contributed by atoms with Gasteiger partial charge in [0.1, 0.15) is 17.4 Å². The van der Waals surface area contributed by atoms with Gasteiger partial charge in [0.05, 0.1) is 17.6 Å². The molecule has 0 aliphatic heterocycles. The Morgan fingerprint density at radius 3 is 2.56 bits per heavy atom. The van der Waals surface area contributed by atoms with E-state index in [9.17, 15) is 18.0 Å². The minimum atomic E-state index is -2.95. The number of anilines is 5. The number of alkyl halides is 2. The number of aromatic nitrogens is 4. The van der Waals surface area contributed by atoms with Crippen LogP contribution in [0.2, 0.25) is 0 Å². The number of rotatable bonds is 9. The first-order valence-corrected chi connectivity index (χ1v) is 10.5. The van der Waals surface area contributed by atoms with Crippen molar-refractivity contribution in [1.82, 2.24) is 19.7 Å². The summed E-state index contributed by atoms with van der Waals surface area (Å²) in [6, 6.07) is 9.83. The van der Waals surface area contributed by atoms with Crippen LogP contribution in [0.25, 0.3) is 11.1 Å². The van der Waals surface area contributed by atoms with E-state index in [2.05, 4.69) is 42.3 Å². The second kappa shape index (κ2) is 10.6. The summed E-state index contributed by atoms with van der Waals surface area (Å²) in [7, 11) is 1.75. The number of carbonyl (C=O) groups excluding carboxylic acids is 1. The highest BCUT2D eigenvalue weighted by Gasteiger charge is 2.14. The van der Waals surface area contributed by atoms with Gasteiger partial charge in [0.2, 0.25) is 11.9 Å². The molecular formula is C24H20F3N7O2. The van der Waals surface area contributed by atoms with Crippen LogP contribution in [-0.2, 0) is 11.8 Å². The quantitative estimate of drug-likeness (QED) is 0.273. The van der Waals surface area contributed by atoms with E-state index >= 15 is 0 Å². The minimum Gasteiger partial charge on any atom is -0.435 e. The molecule has 184 valence electrons. The summed E-state index contributed by atoms with van der Waals surface area (Å²) < 4.78 is 45.7. The van der Waals surface area contributed by atoms with Crippen molar-refractivity contribution in [2.24, 2.45) is 7.05 Å². The van der Waals surface area contributed by atoms with Crippen LogP contribution in [0.4, 0.5) is 42.0 Å². The molecule has 36 heavy (non-hydrogen) atoms. The number of nitrogens with one attached hydrogen (secondary N) is 3. The molecule has 0 aliphatic rings. The molecule has 0 saturated carbocycles. The molecule has 0 saturated heterocycles. The number of hydrogen-bond donors (Lipinski definition) is 3. The van der Waals surface area contributed by atoms with Crippen LogP contribution >= 0.6 is 0 Å². The molecule has 4 rings (SSSR count). The highest BCUT2D eigenvalue weighted by Crippen LogP contribution is 2.32. The maximum atomic E-state index is 14.7. The van der Waals surface area contributed by atoms with Gasteiger partial charge < -0.3 is 20.7 Å². The summed E-state index contributed by atoms with van der Waals surface area (Å²) in [6.45, 7) is 0.442. The van der Waals surface area contributed by atoms with Crippen molar-refractivity contribution in [3.8, 4) is 16.9 Å². The zero-order chi connectivity index (χ0) is 25.7. The standard InChI is InChI=1S/C24H20F3N7O2/c1-3-21(35)30-15-6-9-19(25)20(10-15)32-22-18(14-4-7-17(8-5-14)36-23(26)27)12-28-24(33-22)31-16-11-29-34(2)13-16/h3-13,23H,1H2,2H3,(H,30,35)(H2,28,31,32,33). The number of nitrogens with zero attached hydrogens (tertiary/aromatic N) is 4. The molecule has 0 unspecified atom stereocenters. The molecule has 0 fully saturated rings. The predicted molar refractivity (Wildman–Crippen MR) is 129 cm³/mol. The van der Waals surface area contributed by atoms with Crippen molar-refractivity contribution in [2.45, 2.75) is 6.61 Å². The Balaban J connectivity index is 1.71. The van der Waals surface area contributed by atoms with Gasteiger partial charge >= 0.3 is 6.61 Å². The summed E-state index contributed by atoms with van der Waals surface area (Å²) >= 11 is 0. The van der Waals surface area contributed by atoms with E-state index in [1.165, 1.54) is 36.5 Å². The molecule has 0 aliphatic carbocycles. The molecule has 4 aromatic rings. The Morgan fingerprint density at radius 1 is 1.11 bits per heavy atom. The van der Waals surface area contributed by atoms with Crippen molar-refractivity contribution in [1.29, 1.82) is 0 Å². The topological polar surface area (TPSA) is 106 Å². The molecule has 0 spiro atoms. The Hall–Kier alpha value is -4.87. The largest absolute Gasteiger partial charge is 0.435 e. The number of benzene rings is 2. The van der Waals surface area contributed by atoms with Crippen molar-refractivity contribution in [3.05, 3.63) is 79.5 Å². The summed E-state index contributed by atoms with van der Waals surface area (Å²) in [5.41, 5.74) is 2.01. The second-order valence-corrected chi connectivity index (χ2v) is 7.40. The van der Waals surface area contributed by atoms with Crippen LogP contribution in [0.1, 0.15) is 0 Å². The molecule has 2 heterocycles. The second-order valence-electron chi connectivity index (χ2n) is 7.40. The van der Waals surface area contributed by atoms with Gasteiger partial charge in [0.15, 0.2) is 0 Å². The molecule has 1 amide bonds. The van der Waals surface area contributed by atoms with E-state index in [1.54, 1.807) is 36.3 Å². The average Bonchev–Trinajstić information content (AvgIpc) is 3.26. The highest BCUT2D eigenvalue weighted by atomic mass is 19.3. The van der Waals surface area contributed by atoms with E-state index in [1.807, 2.05) is 0 Å². The van der Waals surface area contributed by atoms with E-state index in [0.717, 1.165) is 6.08 Å². The van der Waals surface area contributed by atoms with Crippen LogP contribution in [0.3, 0.4) is 0 Å². The number of halogens is 3. The normalized spacial score (nSPS) is 10.7. The SMILES string of the molecule is C=CC(=O)Nc1ccc(F)c(Nc2nc(Nc3cnn(C)c3)ncc2-c2ccc(OC(F)F)cc2)c1. The molecule has 0 bridgehead atoms. The third kappa shape index (κ3) is 5.97. The van der Waals surface area contributed by atoms with Crippen LogP contribution < -0.4 is 20.7 Å². The molecular weight excluding hydrogens is 475 g/mol. The van der Waals surface area contributed by atoms with Gasteiger partial charge in [0.25, 0.3) is 0 Å². The fourth-order valence-corrected chi connectivity index (χ4v) is 3.20. The average molecular weight is 495 g/mol. The van der Waals surface area contributed by atoms with Gasteiger partial charge in [-0.3, -0.25) is 9.48 Å². The molecule has 0 radical (unpaired) electrons. The third-order valence-corrected chi connectivity index (χ3v) is 4.81. The van der Waals surface area contributed by atoms with Gasteiger partial charge in [-0.05, 0) is 42.0 Å². The molecule has 2 aromatic carbocycles. The maximum Gasteiger partial charge on any atom is 0.387 e. The van der Waals surface area contributed by atoms with Crippen LogP contribution in [0, 0.1) is 5.82 Å². The lowest BCUT2D eigenvalue weighted by molar-refractivity contribution is -0.111. The monoisotopic (exact) mass is 495 g/mol. The lowest BCUT2D eigenvalue weighted by Gasteiger charge is -2.15. The van der Waals surface area contributed by atoms with Gasteiger partial charge in [-0.25, -0.2) is 9.37 Å². The first kappa shape index (κ1) is 24.3. The number of carbonyl (C=O) groups is 1. The summed E-state index contributed by atoms with van der Waals surface area (Å²) in [4.78, 5) is 20.4. The van der Waals surface area contributed by atoms with Crippen molar-refractivity contribution < 1.29 is 22.7 Å². The fourth-order valence-electron chi connectivity index (χ4n) is 3.20. The van der Waals surface area contributed by atoms with Crippen LogP contribution in [0.15, 0.2) is 73.7 Å². The molecule has 3 N–H and O–H groups in total. The number of aryl methyl sites for hydroxylation is 1. The van der Waals surface area contributed by atoms with Gasteiger partial charge in [-0.15, -0.1) is 0 Å². The van der Waals surface area contributed by atoms with Crippen molar-refractivity contribution >= 4 is 34.7 Å². The lowest BCUT2D eigenvalue weighted by atomic mass is 10.1. The first-order valence-electron chi connectivity index (χ1n) is 10.5. The molecule has 12 heteroatoms. The number of ether oxygens (including phenoxy) is 1. The van der Waals surface area contributed by atoms with Crippen LogP contribution in [-0.4, -0.2) is 32.3 Å². The van der Waals surface area contributed by atoms with E-state index in [-0.39, 0.29) is 23.2 Å². The number of hydrogen-bond acceptors (Lipinski definition) is 7. The zero-order valence-electron chi connectivity index (χ0n) is 18.9. The molecule has 9 nitrogen and oxygen atoms in total. The lowest BCUT2D eigenvalue weighted by Crippen LogP contribution is -2.08. The number of amides is 1. The summed E-state index contributed by atoms with van der Waals surface area (Å²) in [5, 5.41) is 12.6. The Morgan fingerprint density at radius 2 is 1.89 bits per heavy atom. The first-order chi connectivity index (χ1) is 17.3. The van der Waals surface area contributed by atoms with E-state index in [4.69, 9.17) is 0 Å². The Bertz CT molecular complexity index is 1390. The summed E-state index contributed by atoms with van der Waals surface area (Å²) in [6.07, 6.45) is 5.89. The predicted octanol–water partition coefficient (Wildman–Crippen LogP) is 5.23. The minimum absolute atomic E-state index is 0.0178. The summed E-state index contributed by atoms with van der Waals surface area (Å²) in [5.74, 6) is -0.660. The van der Waals surface area contributed by atoms with Crippen molar-refractivity contribution in [2.75, 3.05) is 16.0 Å². The fraction of sp³-hybridized carbons (Fsp3) is 0.0833. The van der Waals surface area contributed by atoms with Gasteiger partial charge in [-0.2, -0.15) is 18.9 Å². The molecule has 2 aromatic heterocycles. The van der Waals surface area contributed by atoms with Gasteiger partial charge in [0, 0.05) is 30.7 Å².